The van der Waals surface area contributed by atoms with E-state index < -0.39 is 10.0 Å². The van der Waals surface area contributed by atoms with Gasteiger partial charge >= 0.3 is 6.03 Å². The van der Waals surface area contributed by atoms with Crippen molar-refractivity contribution < 1.29 is 13.2 Å². The Morgan fingerprint density at radius 2 is 2.00 bits per heavy atom. The second-order valence-electron chi connectivity index (χ2n) is 5.06. The molecule has 7 heteroatoms. The number of carbonyl (C=O) groups excluding carboxylic acids is 1. The van der Waals surface area contributed by atoms with Crippen LogP contribution in [0.5, 0.6) is 0 Å². The van der Waals surface area contributed by atoms with Crippen LogP contribution in [0.2, 0.25) is 0 Å². The molecular formula is C15H21N3O3S. The lowest BCUT2D eigenvalue weighted by molar-refractivity contribution is 0.204. The lowest BCUT2D eigenvalue weighted by Crippen LogP contribution is -2.44. The molecule has 0 saturated carbocycles. The van der Waals surface area contributed by atoms with Crippen LogP contribution in [-0.2, 0) is 10.0 Å². The number of nitrogens with zero attached hydrogens (tertiary/aromatic N) is 1. The van der Waals surface area contributed by atoms with Gasteiger partial charge in [0.2, 0.25) is 10.0 Å². The van der Waals surface area contributed by atoms with Gasteiger partial charge in [0.25, 0.3) is 0 Å². The summed E-state index contributed by atoms with van der Waals surface area (Å²) in [5.74, 6) is -0.121. The van der Waals surface area contributed by atoms with Crippen LogP contribution in [0.4, 0.5) is 4.79 Å². The van der Waals surface area contributed by atoms with E-state index in [2.05, 4.69) is 16.1 Å². The molecule has 1 aromatic rings. The summed E-state index contributed by atoms with van der Waals surface area (Å²) in [7, 11) is -1.93. The monoisotopic (exact) mass is 323 g/mol. The van der Waals surface area contributed by atoms with Gasteiger partial charge in [-0.15, -0.1) is 0 Å². The van der Waals surface area contributed by atoms with Gasteiger partial charge in [-0.05, 0) is 24.6 Å². The molecule has 0 radical (unpaired) electrons. The number of hydrogen-bond donors (Lipinski definition) is 2. The van der Waals surface area contributed by atoms with Gasteiger partial charge in [-0.1, -0.05) is 36.4 Å². The van der Waals surface area contributed by atoms with Gasteiger partial charge in [0.15, 0.2) is 0 Å². The predicted molar refractivity (Wildman–Crippen MR) is 86.9 cm³/mol. The van der Waals surface area contributed by atoms with E-state index in [4.69, 9.17) is 0 Å². The van der Waals surface area contributed by atoms with Gasteiger partial charge in [0.05, 0.1) is 5.75 Å². The number of sulfonamides is 1. The fourth-order valence-corrected chi connectivity index (χ4v) is 2.86. The predicted octanol–water partition coefficient (Wildman–Crippen LogP) is 1.03. The zero-order valence-electron chi connectivity index (χ0n) is 12.6. The zero-order chi connectivity index (χ0) is 16.0. The van der Waals surface area contributed by atoms with Crippen LogP contribution in [0.25, 0.3) is 5.57 Å². The highest BCUT2D eigenvalue weighted by atomic mass is 32.2. The van der Waals surface area contributed by atoms with Gasteiger partial charge in [0, 0.05) is 19.6 Å². The molecule has 1 aliphatic heterocycles. The van der Waals surface area contributed by atoms with Gasteiger partial charge < -0.3 is 10.2 Å². The van der Waals surface area contributed by atoms with Crippen molar-refractivity contribution in [1.82, 2.24) is 14.9 Å². The molecular weight excluding hydrogens is 302 g/mol. The maximum Gasteiger partial charge on any atom is 0.317 e. The molecule has 6 nitrogen and oxygen atoms in total. The molecule has 0 aliphatic carbocycles. The standard InChI is InChI=1S/C15H21N3O3S/c1-16-22(20,21)11-9-17-15(19)18-10-5-8-14(12-18)13-6-3-2-4-7-13/h2-4,6-8,16H,5,9-12H2,1H3,(H,17,19). The number of benzene rings is 1. The molecule has 1 aromatic carbocycles. The third-order valence-corrected chi connectivity index (χ3v) is 4.90. The molecule has 0 unspecified atom stereocenters. The minimum Gasteiger partial charge on any atom is -0.337 e. The van der Waals surface area contributed by atoms with Crippen LogP contribution in [0.3, 0.4) is 0 Å². The molecule has 2 amide bonds. The summed E-state index contributed by atoms with van der Waals surface area (Å²) in [5.41, 5.74) is 2.22. The molecule has 120 valence electrons. The first-order valence-corrected chi connectivity index (χ1v) is 8.85. The Labute approximate surface area is 131 Å². The van der Waals surface area contributed by atoms with E-state index in [1.54, 1.807) is 4.90 Å². The smallest absolute Gasteiger partial charge is 0.317 e. The third kappa shape index (κ3) is 4.57. The molecule has 0 aromatic heterocycles. The second kappa shape index (κ2) is 7.42. The summed E-state index contributed by atoms with van der Waals surface area (Å²) in [5, 5.41) is 2.66. The summed E-state index contributed by atoms with van der Waals surface area (Å²) in [6.45, 7) is 1.28. The highest BCUT2D eigenvalue weighted by Gasteiger charge is 2.19. The van der Waals surface area contributed by atoms with E-state index in [1.165, 1.54) is 7.05 Å². The summed E-state index contributed by atoms with van der Waals surface area (Å²) in [6.07, 6.45) is 2.94. The molecule has 0 spiro atoms. The Hall–Kier alpha value is -1.86. The molecule has 22 heavy (non-hydrogen) atoms. The number of rotatable bonds is 5. The lowest BCUT2D eigenvalue weighted by Gasteiger charge is -2.27. The van der Waals surface area contributed by atoms with Gasteiger partial charge in [-0.3, -0.25) is 0 Å². The van der Waals surface area contributed by atoms with Crippen LogP contribution >= 0.6 is 0 Å². The van der Waals surface area contributed by atoms with E-state index in [1.807, 2.05) is 30.3 Å². The summed E-state index contributed by atoms with van der Waals surface area (Å²) in [6, 6.07) is 9.71. The Morgan fingerprint density at radius 3 is 2.68 bits per heavy atom. The van der Waals surface area contributed by atoms with Gasteiger partial charge in [0.1, 0.15) is 0 Å². The summed E-state index contributed by atoms with van der Waals surface area (Å²) in [4.78, 5) is 13.8. The first-order chi connectivity index (χ1) is 10.5. The summed E-state index contributed by atoms with van der Waals surface area (Å²) < 4.78 is 24.8. The van der Waals surface area contributed by atoms with Crippen molar-refractivity contribution in [2.45, 2.75) is 6.42 Å². The highest BCUT2D eigenvalue weighted by Crippen LogP contribution is 2.20. The average Bonchev–Trinajstić information content (AvgIpc) is 2.55. The number of carbonyl (C=O) groups is 1. The summed E-state index contributed by atoms with van der Waals surface area (Å²) >= 11 is 0. The Kier molecular flexibility index (Phi) is 5.57. The number of hydrogen-bond acceptors (Lipinski definition) is 3. The molecule has 1 heterocycles. The van der Waals surface area contributed by atoms with E-state index in [0.717, 1.165) is 17.6 Å². The largest absolute Gasteiger partial charge is 0.337 e. The minimum atomic E-state index is -3.29. The second-order valence-corrected chi connectivity index (χ2v) is 7.11. The van der Waals surface area contributed by atoms with Gasteiger partial charge in [-0.2, -0.15) is 0 Å². The van der Waals surface area contributed by atoms with E-state index in [-0.39, 0.29) is 18.3 Å². The molecule has 0 saturated heterocycles. The van der Waals surface area contributed by atoms with E-state index in [9.17, 15) is 13.2 Å². The minimum absolute atomic E-state index is 0.100. The van der Waals surface area contributed by atoms with E-state index >= 15 is 0 Å². The van der Waals surface area contributed by atoms with Gasteiger partial charge in [-0.25, -0.2) is 17.9 Å². The first kappa shape index (κ1) is 16.5. The lowest BCUT2D eigenvalue weighted by atomic mass is 10.0. The molecule has 0 fully saturated rings. The normalized spacial score (nSPS) is 15.3. The van der Waals surface area contributed by atoms with Crippen molar-refractivity contribution in [3.05, 3.63) is 42.0 Å². The number of nitrogens with one attached hydrogen (secondary N) is 2. The van der Waals surface area contributed by atoms with Crippen LogP contribution in [0, 0.1) is 0 Å². The van der Waals surface area contributed by atoms with Crippen molar-refractivity contribution in [2.75, 3.05) is 32.4 Å². The van der Waals surface area contributed by atoms with Crippen molar-refractivity contribution in [3.8, 4) is 0 Å². The first-order valence-electron chi connectivity index (χ1n) is 7.20. The Morgan fingerprint density at radius 1 is 1.27 bits per heavy atom. The molecule has 0 bridgehead atoms. The maximum atomic E-state index is 12.1. The Balaban J connectivity index is 1.89. The topological polar surface area (TPSA) is 78.5 Å². The SMILES string of the molecule is CNS(=O)(=O)CCNC(=O)N1CCC=C(c2ccccc2)C1. The molecule has 1 aliphatic rings. The third-order valence-electron chi connectivity index (χ3n) is 3.54. The van der Waals surface area contributed by atoms with E-state index in [0.29, 0.717) is 13.1 Å². The zero-order valence-corrected chi connectivity index (χ0v) is 13.4. The Bertz CT molecular complexity index is 641. The van der Waals surface area contributed by atoms with Crippen LogP contribution in [0.1, 0.15) is 12.0 Å². The van der Waals surface area contributed by atoms with Crippen LogP contribution < -0.4 is 10.0 Å². The van der Waals surface area contributed by atoms with Crippen molar-refractivity contribution in [2.24, 2.45) is 0 Å². The molecule has 2 rings (SSSR count). The highest BCUT2D eigenvalue weighted by molar-refractivity contribution is 7.89. The molecule has 0 atom stereocenters. The van der Waals surface area contributed by atoms with Crippen LogP contribution in [0.15, 0.2) is 36.4 Å². The number of urea groups is 1. The quantitative estimate of drug-likeness (QED) is 0.850. The fourth-order valence-electron chi connectivity index (χ4n) is 2.28. The fraction of sp³-hybridized carbons (Fsp3) is 0.400. The van der Waals surface area contributed by atoms with Crippen LogP contribution in [-0.4, -0.2) is 51.8 Å². The van der Waals surface area contributed by atoms with Crippen molar-refractivity contribution in [1.29, 1.82) is 0 Å². The van der Waals surface area contributed by atoms with Crippen molar-refractivity contribution >= 4 is 21.6 Å². The van der Waals surface area contributed by atoms with Crippen molar-refractivity contribution in [3.63, 3.8) is 0 Å². The average molecular weight is 323 g/mol. The molecule has 2 N–H and O–H groups in total. The maximum absolute atomic E-state index is 12.1. The number of amides is 2.